The van der Waals surface area contributed by atoms with E-state index < -0.39 is 0 Å². The summed E-state index contributed by atoms with van der Waals surface area (Å²) in [6.45, 7) is 0.848. The van der Waals surface area contributed by atoms with Crippen LogP contribution in [0.4, 0.5) is 0 Å². The Labute approximate surface area is 112 Å². The Kier molecular flexibility index (Phi) is 3.04. The van der Waals surface area contributed by atoms with Crippen molar-refractivity contribution >= 4 is 15.9 Å². The van der Waals surface area contributed by atoms with E-state index in [9.17, 15) is 0 Å². The van der Waals surface area contributed by atoms with Crippen molar-refractivity contribution in [2.24, 2.45) is 11.7 Å². The van der Waals surface area contributed by atoms with E-state index in [1.54, 1.807) is 11.1 Å². The highest BCUT2D eigenvalue weighted by molar-refractivity contribution is 9.10. The number of hydrogen-bond donors (Lipinski definition) is 1. The number of aryl methyl sites for hydroxylation is 1. The van der Waals surface area contributed by atoms with Gasteiger partial charge in [0.15, 0.2) is 0 Å². The SMILES string of the molecule is NCC1CCc2cccc(Br)c2C12CCCC2. The van der Waals surface area contributed by atoms with E-state index in [-0.39, 0.29) is 0 Å². The predicted octanol–water partition coefficient (Wildman–Crippen LogP) is 3.78. The summed E-state index contributed by atoms with van der Waals surface area (Å²) >= 11 is 3.78. The van der Waals surface area contributed by atoms with Gasteiger partial charge in [0.05, 0.1) is 0 Å². The lowest BCUT2D eigenvalue weighted by Gasteiger charge is -2.43. The Morgan fingerprint density at radius 2 is 2.06 bits per heavy atom. The average Bonchev–Trinajstić information content (AvgIpc) is 2.79. The number of halogens is 1. The molecule has 0 bridgehead atoms. The normalized spacial score (nSPS) is 26.1. The summed E-state index contributed by atoms with van der Waals surface area (Å²) in [4.78, 5) is 0. The predicted molar refractivity (Wildman–Crippen MR) is 75.2 cm³/mol. The van der Waals surface area contributed by atoms with E-state index in [1.165, 1.54) is 43.0 Å². The summed E-state index contributed by atoms with van der Waals surface area (Å²) in [7, 11) is 0. The van der Waals surface area contributed by atoms with E-state index in [2.05, 4.69) is 34.1 Å². The van der Waals surface area contributed by atoms with Gasteiger partial charge in [0.1, 0.15) is 0 Å². The van der Waals surface area contributed by atoms with E-state index in [1.807, 2.05) is 0 Å². The second kappa shape index (κ2) is 4.40. The van der Waals surface area contributed by atoms with Gasteiger partial charge in [-0.05, 0) is 55.3 Å². The summed E-state index contributed by atoms with van der Waals surface area (Å²) in [5, 5.41) is 0. The lowest BCUT2D eigenvalue weighted by Crippen LogP contribution is -2.41. The van der Waals surface area contributed by atoms with Crippen molar-refractivity contribution < 1.29 is 0 Å². The summed E-state index contributed by atoms with van der Waals surface area (Å²) in [5.41, 5.74) is 9.60. The van der Waals surface area contributed by atoms with Gasteiger partial charge in [-0.2, -0.15) is 0 Å². The zero-order valence-corrected chi connectivity index (χ0v) is 11.8. The minimum Gasteiger partial charge on any atom is -0.330 e. The Bertz CT molecular complexity index is 421. The fourth-order valence-electron chi connectivity index (χ4n) is 4.15. The van der Waals surface area contributed by atoms with Crippen molar-refractivity contribution in [3.63, 3.8) is 0 Å². The first kappa shape index (κ1) is 11.7. The molecule has 1 aromatic carbocycles. The van der Waals surface area contributed by atoms with Gasteiger partial charge in [-0.3, -0.25) is 0 Å². The molecule has 1 saturated carbocycles. The smallest absolute Gasteiger partial charge is 0.0215 e. The molecule has 2 aliphatic carbocycles. The minimum atomic E-state index is 0.391. The molecule has 0 aliphatic heterocycles. The van der Waals surface area contributed by atoms with Crippen LogP contribution in [0.2, 0.25) is 0 Å². The molecule has 1 atom stereocenters. The zero-order chi connectivity index (χ0) is 11.9. The molecule has 0 radical (unpaired) electrons. The molecule has 2 N–H and O–H groups in total. The Hall–Kier alpha value is -0.340. The first-order chi connectivity index (χ1) is 8.28. The molecule has 2 heteroatoms. The molecule has 1 aromatic rings. The minimum absolute atomic E-state index is 0.391. The van der Waals surface area contributed by atoms with Crippen LogP contribution in [0.3, 0.4) is 0 Å². The molecule has 17 heavy (non-hydrogen) atoms. The third-order valence-electron chi connectivity index (χ3n) is 4.92. The standard InChI is InChI=1S/C15H20BrN/c16-13-5-3-4-11-6-7-12(10-17)15(14(11)13)8-1-2-9-15/h3-5,12H,1-2,6-10,17H2. The van der Waals surface area contributed by atoms with Gasteiger partial charge in [-0.25, -0.2) is 0 Å². The maximum Gasteiger partial charge on any atom is 0.0215 e. The van der Waals surface area contributed by atoms with Crippen molar-refractivity contribution in [1.29, 1.82) is 0 Å². The van der Waals surface area contributed by atoms with Crippen LogP contribution in [0.25, 0.3) is 0 Å². The molecule has 0 amide bonds. The van der Waals surface area contributed by atoms with Crippen molar-refractivity contribution in [3.8, 4) is 0 Å². The zero-order valence-electron chi connectivity index (χ0n) is 10.2. The van der Waals surface area contributed by atoms with Crippen molar-refractivity contribution in [1.82, 2.24) is 0 Å². The van der Waals surface area contributed by atoms with Crippen LogP contribution in [0.1, 0.15) is 43.2 Å². The van der Waals surface area contributed by atoms with Crippen LogP contribution < -0.4 is 5.73 Å². The van der Waals surface area contributed by atoms with Crippen molar-refractivity contribution in [3.05, 3.63) is 33.8 Å². The quantitative estimate of drug-likeness (QED) is 0.838. The monoisotopic (exact) mass is 293 g/mol. The Morgan fingerprint density at radius 1 is 1.29 bits per heavy atom. The maximum atomic E-state index is 6.05. The second-order valence-electron chi connectivity index (χ2n) is 5.61. The first-order valence-electron chi connectivity index (χ1n) is 6.76. The summed E-state index contributed by atoms with van der Waals surface area (Å²) < 4.78 is 1.31. The molecule has 3 rings (SSSR count). The molecule has 1 fully saturated rings. The molecule has 92 valence electrons. The highest BCUT2D eigenvalue weighted by Gasteiger charge is 2.46. The van der Waals surface area contributed by atoms with Gasteiger partial charge < -0.3 is 5.73 Å². The maximum absolute atomic E-state index is 6.05. The van der Waals surface area contributed by atoms with E-state index in [0.717, 1.165) is 6.54 Å². The molecule has 0 aromatic heterocycles. The number of fused-ring (bicyclic) bond motifs is 2. The number of hydrogen-bond acceptors (Lipinski definition) is 1. The second-order valence-corrected chi connectivity index (χ2v) is 6.46. The average molecular weight is 294 g/mol. The lowest BCUT2D eigenvalue weighted by molar-refractivity contribution is 0.242. The first-order valence-corrected chi connectivity index (χ1v) is 7.55. The number of nitrogens with two attached hydrogens (primary N) is 1. The fourth-order valence-corrected chi connectivity index (χ4v) is 4.95. The third-order valence-corrected chi connectivity index (χ3v) is 5.58. The lowest BCUT2D eigenvalue weighted by atomic mass is 9.62. The summed E-state index contributed by atoms with van der Waals surface area (Å²) in [6, 6.07) is 6.69. The Balaban J connectivity index is 2.16. The van der Waals surface area contributed by atoms with Gasteiger partial charge in [-0.1, -0.05) is 40.9 Å². The van der Waals surface area contributed by atoms with Gasteiger partial charge in [0, 0.05) is 9.89 Å². The number of benzene rings is 1. The molecule has 0 saturated heterocycles. The summed E-state index contributed by atoms with van der Waals surface area (Å²) in [5.74, 6) is 0.691. The molecule has 1 nitrogen and oxygen atoms in total. The largest absolute Gasteiger partial charge is 0.330 e. The molecule has 2 aliphatic rings. The topological polar surface area (TPSA) is 26.0 Å². The van der Waals surface area contributed by atoms with Gasteiger partial charge in [-0.15, -0.1) is 0 Å². The third kappa shape index (κ3) is 1.68. The van der Waals surface area contributed by atoms with Gasteiger partial charge in [0.25, 0.3) is 0 Å². The fraction of sp³-hybridized carbons (Fsp3) is 0.600. The number of rotatable bonds is 1. The van der Waals surface area contributed by atoms with Crippen LogP contribution in [0.5, 0.6) is 0 Å². The van der Waals surface area contributed by atoms with Crippen molar-refractivity contribution in [2.45, 2.75) is 43.9 Å². The van der Waals surface area contributed by atoms with E-state index in [0.29, 0.717) is 11.3 Å². The Morgan fingerprint density at radius 3 is 2.76 bits per heavy atom. The van der Waals surface area contributed by atoms with Crippen LogP contribution in [-0.2, 0) is 11.8 Å². The van der Waals surface area contributed by atoms with Crippen LogP contribution in [0.15, 0.2) is 22.7 Å². The molecule has 1 unspecified atom stereocenters. The van der Waals surface area contributed by atoms with Gasteiger partial charge in [0.2, 0.25) is 0 Å². The van der Waals surface area contributed by atoms with Crippen LogP contribution >= 0.6 is 15.9 Å². The van der Waals surface area contributed by atoms with Crippen LogP contribution in [-0.4, -0.2) is 6.54 Å². The molecule has 1 spiro atoms. The molecular formula is C15H20BrN. The highest BCUT2D eigenvalue weighted by atomic mass is 79.9. The highest BCUT2D eigenvalue weighted by Crippen LogP contribution is 2.53. The van der Waals surface area contributed by atoms with Crippen LogP contribution in [0, 0.1) is 5.92 Å². The van der Waals surface area contributed by atoms with Gasteiger partial charge >= 0.3 is 0 Å². The molecule has 0 heterocycles. The van der Waals surface area contributed by atoms with E-state index >= 15 is 0 Å². The van der Waals surface area contributed by atoms with Crippen molar-refractivity contribution in [2.75, 3.05) is 6.54 Å². The molecular weight excluding hydrogens is 274 g/mol. The van der Waals surface area contributed by atoms with E-state index in [4.69, 9.17) is 5.73 Å². The summed E-state index contributed by atoms with van der Waals surface area (Å²) in [6.07, 6.45) is 7.90.